The minimum atomic E-state index is -4.46. The number of anilines is 1. The molecular formula is C33H30F3N3O4. The van der Waals surface area contributed by atoms with Crippen molar-refractivity contribution in [3.05, 3.63) is 125 Å². The van der Waals surface area contributed by atoms with E-state index in [1.54, 1.807) is 79.7 Å². The van der Waals surface area contributed by atoms with E-state index in [1.807, 2.05) is 0 Å². The Bertz CT molecular complexity index is 1590. The van der Waals surface area contributed by atoms with E-state index in [0.717, 1.165) is 23.3 Å². The maximum absolute atomic E-state index is 13.2. The fourth-order valence-corrected chi connectivity index (χ4v) is 4.51. The molecule has 0 aliphatic heterocycles. The minimum Gasteiger partial charge on any atom is -0.396 e. The van der Waals surface area contributed by atoms with Crippen LogP contribution in [0.3, 0.4) is 0 Å². The van der Waals surface area contributed by atoms with Gasteiger partial charge in [0.2, 0.25) is 11.8 Å². The summed E-state index contributed by atoms with van der Waals surface area (Å²) in [6.07, 6.45) is -4.58. The van der Waals surface area contributed by atoms with Crippen LogP contribution in [0.1, 0.15) is 45.1 Å². The van der Waals surface area contributed by atoms with Crippen LogP contribution < -0.4 is 16.0 Å². The van der Waals surface area contributed by atoms with Gasteiger partial charge in [0.15, 0.2) is 0 Å². The van der Waals surface area contributed by atoms with Crippen LogP contribution in [-0.4, -0.2) is 29.4 Å². The van der Waals surface area contributed by atoms with Crippen LogP contribution in [0, 0.1) is 6.92 Å². The second-order valence-electron chi connectivity index (χ2n) is 9.83. The van der Waals surface area contributed by atoms with Crippen molar-refractivity contribution in [3.8, 4) is 11.1 Å². The third-order valence-electron chi connectivity index (χ3n) is 6.74. The van der Waals surface area contributed by atoms with Crippen molar-refractivity contribution in [2.24, 2.45) is 0 Å². The lowest BCUT2D eigenvalue weighted by molar-refractivity contribution is -0.137. The Balaban J connectivity index is 1.44. The summed E-state index contributed by atoms with van der Waals surface area (Å²) in [6, 6.07) is 24.4. The van der Waals surface area contributed by atoms with E-state index in [-0.39, 0.29) is 19.6 Å². The predicted molar refractivity (Wildman–Crippen MR) is 157 cm³/mol. The molecule has 0 radical (unpaired) electrons. The third kappa shape index (κ3) is 8.08. The number of aliphatic hydroxyl groups excluding tert-OH is 1. The van der Waals surface area contributed by atoms with E-state index in [0.29, 0.717) is 27.9 Å². The second-order valence-corrected chi connectivity index (χ2v) is 9.83. The highest BCUT2D eigenvalue weighted by Crippen LogP contribution is 2.32. The van der Waals surface area contributed by atoms with Crippen LogP contribution in [-0.2, 0) is 22.3 Å². The maximum atomic E-state index is 13.2. The fourth-order valence-electron chi connectivity index (χ4n) is 4.51. The standard InChI is InChI=1S/C33H30F3N3O4/c1-21-19-22(20-37-32(43)30(39-29(41)17-18-40)24-7-3-2-4-8-24)11-16-28(21)38-31(42)27-10-6-5-9-26(27)23-12-14-25(15-13-23)33(34,35)36/h2-16,19,30,40H,17-18,20H2,1H3,(H,37,43)(H,38,42)(H,39,41)/t30-/m0/s1. The zero-order valence-electron chi connectivity index (χ0n) is 23.2. The third-order valence-corrected chi connectivity index (χ3v) is 6.74. The monoisotopic (exact) mass is 589 g/mol. The lowest BCUT2D eigenvalue weighted by Gasteiger charge is -2.19. The van der Waals surface area contributed by atoms with Crippen molar-refractivity contribution in [1.82, 2.24) is 10.6 Å². The summed E-state index contributed by atoms with van der Waals surface area (Å²) in [6.45, 7) is 1.62. The molecule has 1 atom stereocenters. The van der Waals surface area contributed by atoms with Gasteiger partial charge in [0.25, 0.3) is 5.91 Å². The molecule has 0 spiro atoms. The molecule has 0 aliphatic carbocycles. The predicted octanol–water partition coefficient (Wildman–Crippen LogP) is 5.79. The van der Waals surface area contributed by atoms with Gasteiger partial charge in [-0.05, 0) is 59.0 Å². The average Bonchev–Trinajstić information content (AvgIpc) is 3.00. The number of hydrogen-bond acceptors (Lipinski definition) is 4. The zero-order valence-corrected chi connectivity index (χ0v) is 23.2. The Kier molecular flexibility index (Phi) is 9.95. The van der Waals surface area contributed by atoms with Gasteiger partial charge in [0.1, 0.15) is 6.04 Å². The summed E-state index contributed by atoms with van der Waals surface area (Å²) >= 11 is 0. The first-order valence-electron chi connectivity index (χ1n) is 13.5. The van der Waals surface area contributed by atoms with Gasteiger partial charge in [-0.25, -0.2) is 0 Å². The van der Waals surface area contributed by atoms with E-state index in [9.17, 15) is 27.6 Å². The summed E-state index contributed by atoms with van der Waals surface area (Å²) in [5.41, 5.74) is 3.09. The largest absolute Gasteiger partial charge is 0.416 e. The Labute approximate surface area is 246 Å². The maximum Gasteiger partial charge on any atom is 0.416 e. The van der Waals surface area contributed by atoms with Crippen molar-refractivity contribution in [3.63, 3.8) is 0 Å². The number of hydrogen-bond donors (Lipinski definition) is 4. The van der Waals surface area contributed by atoms with Crippen molar-refractivity contribution < 1.29 is 32.7 Å². The number of benzene rings is 4. The molecule has 43 heavy (non-hydrogen) atoms. The highest BCUT2D eigenvalue weighted by atomic mass is 19.4. The van der Waals surface area contributed by atoms with Gasteiger partial charge >= 0.3 is 6.18 Å². The van der Waals surface area contributed by atoms with E-state index in [1.165, 1.54) is 12.1 Å². The molecule has 4 rings (SSSR count). The normalized spacial score (nSPS) is 11.8. The molecule has 0 aliphatic rings. The summed E-state index contributed by atoms with van der Waals surface area (Å²) in [7, 11) is 0. The Morgan fingerprint density at radius 2 is 1.53 bits per heavy atom. The molecule has 0 heterocycles. The Morgan fingerprint density at radius 3 is 2.19 bits per heavy atom. The smallest absolute Gasteiger partial charge is 0.396 e. The molecule has 7 nitrogen and oxygen atoms in total. The van der Waals surface area contributed by atoms with Gasteiger partial charge in [0, 0.05) is 24.2 Å². The van der Waals surface area contributed by atoms with Crippen LogP contribution in [0.5, 0.6) is 0 Å². The first-order chi connectivity index (χ1) is 20.6. The molecule has 4 N–H and O–H groups in total. The first kappa shape index (κ1) is 31.0. The molecule has 222 valence electrons. The lowest BCUT2D eigenvalue weighted by Crippen LogP contribution is -2.40. The number of aryl methyl sites for hydroxylation is 1. The molecule has 0 unspecified atom stereocenters. The summed E-state index contributed by atoms with van der Waals surface area (Å²) < 4.78 is 39.0. The minimum absolute atomic E-state index is 0.127. The second kappa shape index (κ2) is 13.8. The number of carbonyl (C=O) groups is 3. The zero-order chi connectivity index (χ0) is 31.0. The molecular weight excluding hydrogens is 559 g/mol. The lowest BCUT2D eigenvalue weighted by atomic mass is 9.98. The van der Waals surface area contributed by atoms with Crippen LogP contribution in [0.4, 0.5) is 18.9 Å². The van der Waals surface area contributed by atoms with Gasteiger partial charge in [0.05, 0.1) is 12.2 Å². The van der Waals surface area contributed by atoms with Crippen molar-refractivity contribution in [2.75, 3.05) is 11.9 Å². The average molecular weight is 590 g/mol. The van der Waals surface area contributed by atoms with Gasteiger partial charge in [-0.15, -0.1) is 0 Å². The van der Waals surface area contributed by atoms with Gasteiger partial charge < -0.3 is 21.1 Å². The van der Waals surface area contributed by atoms with Crippen molar-refractivity contribution in [1.29, 1.82) is 0 Å². The Hall–Kier alpha value is -4.96. The van der Waals surface area contributed by atoms with Gasteiger partial charge in [-0.3, -0.25) is 14.4 Å². The number of halogens is 3. The molecule has 10 heteroatoms. The van der Waals surface area contributed by atoms with Crippen molar-refractivity contribution >= 4 is 23.4 Å². The molecule has 0 fully saturated rings. The summed E-state index contributed by atoms with van der Waals surface area (Å²) in [5, 5.41) is 17.4. The van der Waals surface area contributed by atoms with Crippen LogP contribution in [0.2, 0.25) is 0 Å². The molecule has 4 aromatic rings. The van der Waals surface area contributed by atoms with Gasteiger partial charge in [-0.2, -0.15) is 13.2 Å². The topological polar surface area (TPSA) is 108 Å². The van der Waals surface area contributed by atoms with Crippen LogP contribution in [0.15, 0.2) is 97.1 Å². The molecule has 4 aromatic carbocycles. The number of amides is 3. The van der Waals surface area contributed by atoms with E-state index in [2.05, 4.69) is 16.0 Å². The van der Waals surface area contributed by atoms with E-state index < -0.39 is 35.5 Å². The number of aliphatic hydroxyl groups is 1. The molecule has 0 aromatic heterocycles. The SMILES string of the molecule is Cc1cc(CNC(=O)[C@@H](NC(=O)CCO)c2ccccc2)ccc1NC(=O)c1ccccc1-c1ccc(C(F)(F)F)cc1. The highest BCUT2D eigenvalue weighted by Gasteiger charge is 2.30. The number of carbonyl (C=O) groups excluding carboxylic acids is 3. The van der Waals surface area contributed by atoms with Gasteiger partial charge in [-0.1, -0.05) is 72.8 Å². The van der Waals surface area contributed by atoms with E-state index >= 15 is 0 Å². The summed E-state index contributed by atoms with van der Waals surface area (Å²) in [4.78, 5) is 38.4. The molecule has 0 saturated carbocycles. The fraction of sp³-hybridized carbons (Fsp3) is 0.182. The quantitative estimate of drug-likeness (QED) is 0.188. The van der Waals surface area contributed by atoms with E-state index in [4.69, 9.17) is 5.11 Å². The van der Waals surface area contributed by atoms with Crippen LogP contribution in [0.25, 0.3) is 11.1 Å². The van der Waals surface area contributed by atoms with Crippen LogP contribution >= 0.6 is 0 Å². The number of alkyl halides is 3. The first-order valence-corrected chi connectivity index (χ1v) is 13.5. The number of rotatable bonds is 10. The molecule has 0 bridgehead atoms. The highest BCUT2D eigenvalue weighted by molar-refractivity contribution is 6.09. The molecule has 0 saturated heterocycles. The Morgan fingerprint density at radius 1 is 0.860 bits per heavy atom. The number of nitrogens with one attached hydrogen (secondary N) is 3. The summed E-state index contributed by atoms with van der Waals surface area (Å²) in [5.74, 6) is -1.31. The van der Waals surface area contributed by atoms with Crippen molar-refractivity contribution in [2.45, 2.75) is 32.1 Å². The molecule has 3 amide bonds.